The summed E-state index contributed by atoms with van der Waals surface area (Å²) in [7, 11) is 0. The predicted octanol–water partition coefficient (Wildman–Crippen LogP) is 2.35. The summed E-state index contributed by atoms with van der Waals surface area (Å²) in [6.07, 6.45) is 2.28. The fourth-order valence-electron chi connectivity index (χ4n) is 3.97. The predicted molar refractivity (Wildman–Crippen MR) is 115 cm³/mol. The normalized spacial score (nSPS) is 16.0. The van der Waals surface area contributed by atoms with E-state index >= 15 is 0 Å². The van der Waals surface area contributed by atoms with Gasteiger partial charge in [-0.05, 0) is 36.6 Å². The molecule has 3 amide bonds. The quantitative estimate of drug-likeness (QED) is 0.696. The fourth-order valence-corrected chi connectivity index (χ4v) is 3.97. The average Bonchev–Trinajstić information content (AvgIpc) is 3.13. The van der Waals surface area contributed by atoms with Crippen LogP contribution in [0.15, 0.2) is 48.5 Å². The minimum atomic E-state index is -0.166. The summed E-state index contributed by atoms with van der Waals surface area (Å²) < 4.78 is 5.67. The Labute approximate surface area is 182 Å². The van der Waals surface area contributed by atoms with Gasteiger partial charge in [0, 0.05) is 50.3 Å². The van der Waals surface area contributed by atoms with E-state index in [1.165, 1.54) is 0 Å². The van der Waals surface area contributed by atoms with Gasteiger partial charge in [0.2, 0.25) is 5.91 Å². The van der Waals surface area contributed by atoms with Gasteiger partial charge in [0.25, 0.3) is 11.8 Å². The third-order valence-corrected chi connectivity index (χ3v) is 5.67. The summed E-state index contributed by atoms with van der Waals surface area (Å²) in [6, 6.07) is 15.1. The van der Waals surface area contributed by atoms with Crippen LogP contribution in [-0.2, 0) is 22.7 Å². The number of likely N-dealkylation sites (tertiary alicyclic amines) is 1. The summed E-state index contributed by atoms with van der Waals surface area (Å²) in [5.74, 6) is 0.586. The maximum atomic E-state index is 12.6. The molecule has 0 unspecified atom stereocenters. The molecule has 2 heterocycles. The Morgan fingerprint density at radius 3 is 2.65 bits per heavy atom. The molecular formula is C24H27N3O4. The minimum Gasteiger partial charge on any atom is -0.483 e. The number of hydrogen-bond acceptors (Lipinski definition) is 4. The highest BCUT2D eigenvalue weighted by Crippen LogP contribution is 2.25. The van der Waals surface area contributed by atoms with E-state index in [1.807, 2.05) is 35.2 Å². The number of hydrogen-bond donors (Lipinski definition) is 1. The highest BCUT2D eigenvalue weighted by molar-refractivity contribution is 5.94. The second-order valence-electron chi connectivity index (χ2n) is 7.94. The van der Waals surface area contributed by atoms with Gasteiger partial charge < -0.3 is 19.9 Å². The van der Waals surface area contributed by atoms with Crippen molar-refractivity contribution < 1.29 is 19.1 Å². The SMILES string of the molecule is O=C(NCCCN1CCCC1=O)c1ccc2c(c1)CN(Cc1ccccc1)C(=O)CO2. The van der Waals surface area contributed by atoms with Crippen molar-refractivity contribution in [3.8, 4) is 5.75 Å². The molecule has 0 spiro atoms. The van der Waals surface area contributed by atoms with Gasteiger partial charge >= 0.3 is 0 Å². The van der Waals surface area contributed by atoms with Crippen LogP contribution < -0.4 is 10.1 Å². The van der Waals surface area contributed by atoms with Gasteiger partial charge in [-0.2, -0.15) is 0 Å². The Hall–Kier alpha value is -3.35. The monoisotopic (exact) mass is 421 g/mol. The van der Waals surface area contributed by atoms with Crippen molar-refractivity contribution in [3.05, 3.63) is 65.2 Å². The lowest BCUT2D eigenvalue weighted by molar-refractivity contribution is -0.133. The molecule has 162 valence electrons. The lowest BCUT2D eigenvalue weighted by Gasteiger charge is -2.20. The molecule has 2 aromatic rings. The van der Waals surface area contributed by atoms with Gasteiger partial charge in [-0.1, -0.05) is 30.3 Å². The number of benzene rings is 2. The molecule has 4 rings (SSSR count). The Morgan fingerprint density at radius 2 is 1.87 bits per heavy atom. The summed E-state index contributed by atoms with van der Waals surface area (Å²) in [5, 5.41) is 2.92. The van der Waals surface area contributed by atoms with Crippen LogP contribution in [0.3, 0.4) is 0 Å². The molecule has 2 aliphatic heterocycles. The standard InChI is InChI=1S/C24H27N3O4/c28-22-8-4-12-26(22)13-5-11-25-24(30)19-9-10-21-20(14-19)16-27(23(29)17-31-21)15-18-6-2-1-3-7-18/h1-3,6-7,9-10,14H,4-5,8,11-13,15-17H2,(H,25,30). The molecule has 2 aliphatic rings. The number of carbonyl (C=O) groups excluding carboxylic acids is 3. The van der Waals surface area contributed by atoms with E-state index in [-0.39, 0.29) is 24.3 Å². The van der Waals surface area contributed by atoms with Crippen molar-refractivity contribution in [2.75, 3.05) is 26.2 Å². The maximum Gasteiger partial charge on any atom is 0.261 e. The molecule has 0 aliphatic carbocycles. The van der Waals surface area contributed by atoms with E-state index in [0.717, 1.165) is 30.5 Å². The minimum absolute atomic E-state index is 0.0133. The first kappa shape index (κ1) is 20.9. The van der Waals surface area contributed by atoms with Crippen LogP contribution in [0.25, 0.3) is 0 Å². The lowest BCUT2D eigenvalue weighted by atomic mass is 10.1. The smallest absolute Gasteiger partial charge is 0.261 e. The Kier molecular flexibility index (Phi) is 6.50. The first-order valence-corrected chi connectivity index (χ1v) is 10.7. The molecule has 0 aromatic heterocycles. The van der Waals surface area contributed by atoms with Gasteiger partial charge in [0.15, 0.2) is 6.61 Å². The Balaban J connectivity index is 1.36. The second-order valence-corrected chi connectivity index (χ2v) is 7.94. The van der Waals surface area contributed by atoms with Crippen LogP contribution in [-0.4, -0.2) is 53.8 Å². The van der Waals surface area contributed by atoms with Crippen molar-refractivity contribution in [3.63, 3.8) is 0 Å². The van der Waals surface area contributed by atoms with Crippen molar-refractivity contribution in [2.45, 2.75) is 32.4 Å². The number of nitrogens with one attached hydrogen (secondary N) is 1. The second kappa shape index (κ2) is 9.64. The van der Waals surface area contributed by atoms with Crippen LogP contribution in [0.5, 0.6) is 5.75 Å². The maximum absolute atomic E-state index is 12.6. The van der Waals surface area contributed by atoms with Gasteiger partial charge in [0.1, 0.15) is 5.75 Å². The highest BCUT2D eigenvalue weighted by Gasteiger charge is 2.23. The van der Waals surface area contributed by atoms with Crippen molar-refractivity contribution in [1.82, 2.24) is 15.1 Å². The summed E-state index contributed by atoms with van der Waals surface area (Å²) in [6.45, 7) is 2.87. The molecule has 2 aromatic carbocycles. The van der Waals surface area contributed by atoms with E-state index in [9.17, 15) is 14.4 Å². The third-order valence-electron chi connectivity index (χ3n) is 5.67. The molecule has 0 saturated carbocycles. The van der Waals surface area contributed by atoms with Crippen molar-refractivity contribution in [2.24, 2.45) is 0 Å². The first-order valence-electron chi connectivity index (χ1n) is 10.7. The number of nitrogens with zero attached hydrogens (tertiary/aromatic N) is 2. The molecule has 0 atom stereocenters. The van der Waals surface area contributed by atoms with Gasteiger partial charge in [-0.3, -0.25) is 14.4 Å². The number of ether oxygens (including phenoxy) is 1. The number of carbonyl (C=O) groups is 3. The average molecular weight is 421 g/mol. The first-order chi connectivity index (χ1) is 15.1. The summed E-state index contributed by atoms with van der Waals surface area (Å²) in [5.41, 5.74) is 2.40. The number of rotatable bonds is 7. The van der Waals surface area contributed by atoms with Crippen LogP contribution in [0.2, 0.25) is 0 Å². The van der Waals surface area contributed by atoms with E-state index in [4.69, 9.17) is 4.74 Å². The Morgan fingerprint density at radius 1 is 1.03 bits per heavy atom. The van der Waals surface area contributed by atoms with E-state index in [1.54, 1.807) is 23.1 Å². The van der Waals surface area contributed by atoms with Crippen molar-refractivity contribution >= 4 is 17.7 Å². The molecule has 1 N–H and O–H groups in total. The Bertz CT molecular complexity index is 961. The topological polar surface area (TPSA) is 79.0 Å². The molecule has 0 bridgehead atoms. The highest BCUT2D eigenvalue weighted by atomic mass is 16.5. The van der Waals surface area contributed by atoms with Crippen LogP contribution in [0.4, 0.5) is 0 Å². The lowest BCUT2D eigenvalue weighted by Crippen LogP contribution is -2.32. The molecular weight excluding hydrogens is 394 g/mol. The van der Waals surface area contributed by atoms with E-state index < -0.39 is 0 Å². The zero-order chi connectivity index (χ0) is 21.6. The van der Waals surface area contributed by atoms with Gasteiger partial charge in [-0.25, -0.2) is 0 Å². The number of amides is 3. The zero-order valence-corrected chi connectivity index (χ0v) is 17.5. The van der Waals surface area contributed by atoms with Crippen LogP contribution in [0, 0.1) is 0 Å². The molecule has 0 radical (unpaired) electrons. The molecule has 1 saturated heterocycles. The molecule has 7 heteroatoms. The largest absolute Gasteiger partial charge is 0.483 e. The van der Waals surface area contributed by atoms with Gasteiger partial charge in [0.05, 0.1) is 0 Å². The van der Waals surface area contributed by atoms with E-state index in [2.05, 4.69) is 5.32 Å². The molecule has 31 heavy (non-hydrogen) atoms. The summed E-state index contributed by atoms with van der Waals surface area (Å²) in [4.78, 5) is 40.4. The van der Waals surface area contributed by atoms with Crippen molar-refractivity contribution in [1.29, 1.82) is 0 Å². The zero-order valence-electron chi connectivity index (χ0n) is 17.5. The van der Waals surface area contributed by atoms with Crippen LogP contribution >= 0.6 is 0 Å². The third kappa shape index (κ3) is 5.23. The molecule has 1 fully saturated rings. The van der Waals surface area contributed by atoms with Crippen LogP contribution in [0.1, 0.15) is 40.7 Å². The number of fused-ring (bicyclic) bond motifs is 1. The molecule has 7 nitrogen and oxygen atoms in total. The fraction of sp³-hybridized carbons (Fsp3) is 0.375. The summed E-state index contributed by atoms with van der Waals surface area (Å²) >= 11 is 0. The van der Waals surface area contributed by atoms with E-state index in [0.29, 0.717) is 43.9 Å². The van der Waals surface area contributed by atoms with Gasteiger partial charge in [-0.15, -0.1) is 0 Å².